The third-order valence-electron chi connectivity index (χ3n) is 4.80. The zero-order valence-corrected chi connectivity index (χ0v) is 15.1. The van der Waals surface area contributed by atoms with Crippen molar-refractivity contribution in [3.63, 3.8) is 0 Å². The number of rotatable bonds is 4. The Morgan fingerprint density at radius 2 is 1.85 bits per heavy atom. The van der Waals surface area contributed by atoms with E-state index in [0.717, 1.165) is 22.6 Å². The molecule has 134 valence electrons. The summed E-state index contributed by atoms with van der Waals surface area (Å²) in [7, 11) is 0. The maximum Gasteiger partial charge on any atom is 0.239 e. The van der Waals surface area contributed by atoms with Gasteiger partial charge in [0.05, 0.1) is 5.56 Å². The number of aryl methyl sites for hydroxylation is 2. The Hall–Kier alpha value is -2.91. The van der Waals surface area contributed by atoms with E-state index in [1.165, 1.54) is 0 Å². The first-order valence-electron chi connectivity index (χ1n) is 8.73. The fraction of sp³-hybridized carbons (Fsp3) is 0.350. The van der Waals surface area contributed by atoms with E-state index < -0.39 is 6.04 Å². The second-order valence-corrected chi connectivity index (χ2v) is 6.63. The van der Waals surface area contributed by atoms with Crippen molar-refractivity contribution in [1.82, 2.24) is 9.88 Å². The summed E-state index contributed by atoms with van der Waals surface area (Å²) in [5.74, 6) is 0.395. The highest BCUT2D eigenvalue weighted by atomic mass is 16.1. The van der Waals surface area contributed by atoms with Gasteiger partial charge in [-0.1, -0.05) is 30.3 Å². The molecule has 3 rings (SSSR count). The minimum absolute atomic E-state index is 0.341. The number of hydrogen-bond donors (Lipinski definition) is 1. The van der Waals surface area contributed by atoms with Gasteiger partial charge in [0.1, 0.15) is 17.9 Å². The van der Waals surface area contributed by atoms with Gasteiger partial charge in [-0.2, -0.15) is 5.26 Å². The van der Waals surface area contributed by atoms with E-state index in [0.29, 0.717) is 31.7 Å². The van der Waals surface area contributed by atoms with E-state index in [2.05, 4.69) is 20.9 Å². The van der Waals surface area contributed by atoms with E-state index in [4.69, 9.17) is 5.73 Å². The van der Waals surface area contributed by atoms with Crippen LogP contribution in [0.15, 0.2) is 36.4 Å². The van der Waals surface area contributed by atoms with Gasteiger partial charge in [0.25, 0.3) is 0 Å². The summed E-state index contributed by atoms with van der Waals surface area (Å²) in [6, 6.07) is 13.4. The SMILES string of the molecule is Cc1cc(C)c(C#N)c(N2CCN(C(C(N)=O)c3ccccc3)CC2)n1. The zero-order valence-electron chi connectivity index (χ0n) is 15.1. The van der Waals surface area contributed by atoms with Crippen molar-refractivity contribution in [2.24, 2.45) is 5.73 Å². The molecular weight excluding hydrogens is 326 g/mol. The van der Waals surface area contributed by atoms with E-state index in [1.54, 1.807) is 0 Å². The number of pyridine rings is 1. The number of carbonyl (C=O) groups is 1. The molecule has 1 atom stereocenters. The smallest absolute Gasteiger partial charge is 0.239 e. The van der Waals surface area contributed by atoms with Crippen LogP contribution >= 0.6 is 0 Å². The number of nitrogens with zero attached hydrogens (tertiary/aromatic N) is 4. The molecule has 1 unspecified atom stereocenters. The number of nitrogens with two attached hydrogens (primary N) is 1. The highest BCUT2D eigenvalue weighted by Gasteiger charge is 2.30. The van der Waals surface area contributed by atoms with Gasteiger partial charge in [-0.3, -0.25) is 9.69 Å². The fourth-order valence-electron chi connectivity index (χ4n) is 3.57. The summed E-state index contributed by atoms with van der Waals surface area (Å²) in [6.07, 6.45) is 0. The van der Waals surface area contributed by atoms with Crippen molar-refractivity contribution in [1.29, 1.82) is 5.26 Å². The van der Waals surface area contributed by atoms with Gasteiger partial charge in [-0.25, -0.2) is 4.98 Å². The molecule has 26 heavy (non-hydrogen) atoms. The lowest BCUT2D eigenvalue weighted by atomic mass is 10.0. The number of aromatic nitrogens is 1. The highest BCUT2D eigenvalue weighted by Crippen LogP contribution is 2.26. The number of hydrogen-bond acceptors (Lipinski definition) is 5. The molecular formula is C20H23N5O. The lowest BCUT2D eigenvalue weighted by Crippen LogP contribution is -2.50. The average Bonchev–Trinajstić information content (AvgIpc) is 2.62. The summed E-state index contributed by atoms with van der Waals surface area (Å²) in [5, 5.41) is 9.49. The maximum absolute atomic E-state index is 12.1. The van der Waals surface area contributed by atoms with Gasteiger partial charge >= 0.3 is 0 Å². The van der Waals surface area contributed by atoms with Crippen molar-refractivity contribution in [3.05, 3.63) is 58.8 Å². The third kappa shape index (κ3) is 3.53. The zero-order chi connectivity index (χ0) is 18.7. The summed E-state index contributed by atoms with van der Waals surface area (Å²) in [6.45, 7) is 6.63. The van der Waals surface area contributed by atoms with Crippen LogP contribution in [0.2, 0.25) is 0 Å². The van der Waals surface area contributed by atoms with Crippen molar-refractivity contribution >= 4 is 11.7 Å². The summed E-state index contributed by atoms with van der Waals surface area (Å²) in [5.41, 5.74) is 9.06. The number of benzene rings is 1. The van der Waals surface area contributed by atoms with Crippen LogP contribution in [-0.2, 0) is 4.79 Å². The van der Waals surface area contributed by atoms with E-state index in [-0.39, 0.29) is 5.91 Å². The van der Waals surface area contributed by atoms with Crippen LogP contribution in [-0.4, -0.2) is 42.0 Å². The molecule has 1 amide bonds. The van der Waals surface area contributed by atoms with Crippen LogP contribution < -0.4 is 10.6 Å². The van der Waals surface area contributed by atoms with Gasteiger partial charge in [0.15, 0.2) is 0 Å². The normalized spacial score (nSPS) is 16.1. The van der Waals surface area contributed by atoms with Crippen LogP contribution in [0.4, 0.5) is 5.82 Å². The predicted molar refractivity (Wildman–Crippen MR) is 101 cm³/mol. The molecule has 6 heteroatoms. The molecule has 1 aliphatic rings. The molecule has 2 heterocycles. The largest absolute Gasteiger partial charge is 0.368 e. The van der Waals surface area contributed by atoms with Crippen molar-refractivity contribution < 1.29 is 4.79 Å². The molecule has 0 radical (unpaired) electrons. The van der Waals surface area contributed by atoms with Crippen LogP contribution in [0.3, 0.4) is 0 Å². The molecule has 2 aromatic rings. The number of piperazine rings is 1. The average molecular weight is 349 g/mol. The van der Waals surface area contributed by atoms with Crippen LogP contribution in [0.5, 0.6) is 0 Å². The molecule has 1 fully saturated rings. The Balaban J connectivity index is 1.79. The maximum atomic E-state index is 12.1. The Morgan fingerprint density at radius 3 is 2.42 bits per heavy atom. The molecule has 0 spiro atoms. The summed E-state index contributed by atoms with van der Waals surface area (Å²) < 4.78 is 0. The fourth-order valence-corrected chi connectivity index (χ4v) is 3.57. The molecule has 6 nitrogen and oxygen atoms in total. The van der Waals surface area contributed by atoms with E-state index in [1.807, 2.05) is 50.2 Å². The van der Waals surface area contributed by atoms with E-state index in [9.17, 15) is 10.1 Å². The minimum Gasteiger partial charge on any atom is -0.368 e. The first-order chi connectivity index (χ1) is 12.5. The summed E-state index contributed by atoms with van der Waals surface area (Å²) in [4.78, 5) is 20.9. The van der Waals surface area contributed by atoms with Crippen LogP contribution in [0, 0.1) is 25.2 Å². The number of primary amides is 1. The minimum atomic E-state index is -0.430. The van der Waals surface area contributed by atoms with Gasteiger partial charge in [0.2, 0.25) is 5.91 Å². The van der Waals surface area contributed by atoms with Gasteiger partial charge < -0.3 is 10.6 Å². The Bertz CT molecular complexity index is 835. The third-order valence-corrected chi connectivity index (χ3v) is 4.80. The lowest BCUT2D eigenvalue weighted by Gasteiger charge is -2.39. The molecule has 1 aromatic heterocycles. The van der Waals surface area contributed by atoms with Gasteiger partial charge in [-0.05, 0) is 31.0 Å². The summed E-state index contributed by atoms with van der Waals surface area (Å²) >= 11 is 0. The Labute approximate surface area is 153 Å². The standard InChI is InChI=1S/C20H23N5O/c1-14-12-15(2)23-20(17(14)13-21)25-10-8-24(9-11-25)18(19(22)26)16-6-4-3-5-7-16/h3-7,12,18H,8-11H2,1-2H3,(H2,22,26). The molecule has 0 saturated carbocycles. The monoisotopic (exact) mass is 349 g/mol. The van der Waals surface area contributed by atoms with Crippen molar-refractivity contribution in [2.45, 2.75) is 19.9 Å². The highest BCUT2D eigenvalue weighted by molar-refractivity contribution is 5.81. The van der Waals surface area contributed by atoms with Crippen LogP contribution in [0.25, 0.3) is 0 Å². The van der Waals surface area contributed by atoms with Crippen molar-refractivity contribution in [3.8, 4) is 6.07 Å². The number of anilines is 1. The quantitative estimate of drug-likeness (QED) is 0.911. The molecule has 0 bridgehead atoms. The Kier molecular flexibility index (Phi) is 5.19. The molecule has 1 aromatic carbocycles. The first kappa shape index (κ1) is 17.9. The number of amides is 1. The molecule has 2 N–H and O–H groups in total. The topological polar surface area (TPSA) is 86.3 Å². The Morgan fingerprint density at radius 1 is 1.19 bits per heavy atom. The lowest BCUT2D eigenvalue weighted by molar-refractivity contribution is -0.123. The number of nitriles is 1. The van der Waals surface area contributed by atoms with Crippen LogP contribution in [0.1, 0.15) is 28.4 Å². The second-order valence-electron chi connectivity index (χ2n) is 6.63. The first-order valence-corrected chi connectivity index (χ1v) is 8.73. The second kappa shape index (κ2) is 7.54. The molecule has 1 aliphatic heterocycles. The molecule has 1 saturated heterocycles. The van der Waals surface area contributed by atoms with Gasteiger partial charge in [0, 0.05) is 31.9 Å². The molecule has 0 aliphatic carbocycles. The number of carbonyl (C=O) groups excluding carboxylic acids is 1. The predicted octanol–water partition coefficient (Wildman–Crippen LogP) is 1.92. The van der Waals surface area contributed by atoms with Gasteiger partial charge in [-0.15, -0.1) is 0 Å². The van der Waals surface area contributed by atoms with Crippen molar-refractivity contribution in [2.75, 3.05) is 31.1 Å². The van der Waals surface area contributed by atoms with E-state index >= 15 is 0 Å².